The summed E-state index contributed by atoms with van der Waals surface area (Å²) in [6.45, 7) is 79.7. The summed E-state index contributed by atoms with van der Waals surface area (Å²) in [5.41, 5.74) is 0. The van der Waals surface area contributed by atoms with Crippen molar-refractivity contribution in [2.75, 3.05) is 0 Å². The van der Waals surface area contributed by atoms with Gasteiger partial charge in [0.1, 0.15) is 0 Å². The molecule has 0 amide bonds. The van der Waals surface area contributed by atoms with Crippen LogP contribution in [0.5, 0.6) is 0 Å². The van der Waals surface area contributed by atoms with Gasteiger partial charge in [-0.2, -0.15) is 0 Å². The summed E-state index contributed by atoms with van der Waals surface area (Å²) < 4.78 is 0. The maximum atomic E-state index is 2.25. The Balaban J connectivity index is -0.0000000421. The molecule has 0 unspecified atom stereocenters. The highest BCUT2D eigenvalue weighted by Crippen LogP contribution is 2.02. The zero-order valence-corrected chi connectivity index (χ0v) is 69.4. The lowest BCUT2D eigenvalue weighted by Gasteiger charge is -1.90. The SMILES string of the molecule is CCC(C)C.CCC(C)C.CCC(C)C.CCC(C)C.CCCC.CCCC.CCCC.CCCC.CCCCC.CCCCC.CCCCCC.CCCCCC.CCCCCC.CCCCCC.CCCCCCC.CCCCCCC. The molecular weight excluding hydrogens is 1010 g/mol. The minimum atomic E-state index is 0.884. The highest BCUT2D eigenvalue weighted by atomic mass is 13.9. The molecule has 0 atom stereocenters. The highest BCUT2D eigenvalue weighted by Gasteiger charge is 1.84. The lowest BCUT2D eigenvalue weighted by atomic mass is 10.2. The van der Waals surface area contributed by atoms with Crippen molar-refractivity contribution >= 4 is 0 Å². The fraction of sp³-hybridized carbons (Fsp3) is 1.00. The first-order valence-corrected chi connectivity index (χ1v) is 40.1. The van der Waals surface area contributed by atoms with Crippen LogP contribution in [0.25, 0.3) is 0 Å². The Morgan fingerprint density at radius 2 is 0.179 bits per heavy atom. The van der Waals surface area contributed by atoms with Crippen LogP contribution in [0.4, 0.5) is 0 Å². The smallest absolute Gasteiger partial charge is 0.0474 e. The molecule has 0 fully saturated rings. The Labute approximate surface area is 552 Å². The molecule has 0 radical (unpaired) electrons. The van der Waals surface area contributed by atoms with E-state index in [0.29, 0.717) is 0 Å². The van der Waals surface area contributed by atoms with Crippen molar-refractivity contribution in [3.8, 4) is 0 Å². The van der Waals surface area contributed by atoms with Crippen molar-refractivity contribution in [3.05, 3.63) is 0 Å². The average molecular weight is 1210 g/mol. The molecule has 0 aromatic heterocycles. The second kappa shape index (κ2) is 178. The van der Waals surface area contributed by atoms with E-state index in [0.717, 1.165) is 23.7 Å². The zero-order chi connectivity index (χ0) is 69.4. The first-order valence-electron chi connectivity index (χ1n) is 40.1. The molecule has 536 valence electrons. The Kier molecular flexibility index (Phi) is 265. The van der Waals surface area contributed by atoms with E-state index in [9.17, 15) is 0 Å². The number of rotatable bonds is 32. The zero-order valence-electron chi connectivity index (χ0n) is 69.4. The molecule has 0 aromatic rings. The van der Waals surface area contributed by atoms with E-state index < -0.39 is 0 Å². The fourth-order valence-corrected chi connectivity index (χ4v) is 4.06. The maximum Gasteiger partial charge on any atom is -0.0474 e. The first-order chi connectivity index (χ1) is 40.1. The topological polar surface area (TPSA) is 0 Å². The van der Waals surface area contributed by atoms with Gasteiger partial charge in [-0.05, 0) is 23.7 Å². The van der Waals surface area contributed by atoms with Gasteiger partial charge >= 0.3 is 0 Å². The van der Waals surface area contributed by atoms with Crippen molar-refractivity contribution < 1.29 is 0 Å². The van der Waals surface area contributed by atoms with E-state index in [2.05, 4.69) is 249 Å². The van der Waals surface area contributed by atoms with Gasteiger partial charge in [-0.15, -0.1) is 0 Å². The molecule has 0 heteroatoms. The van der Waals surface area contributed by atoms with Gasteiger partial charge in [-0.25, -0.2) is 0 Å². The van der Waals surface area contributed by atoms with E-state index in [1.807, 2.05) is 0 Å². The summed E-state index contributed by atoms with van der Waals surface area (Å²) in [5.74, 6) is 3.54. The Morgan fingerprint density at radius 3 is 0.214 bits per heavy atom. The maximum absolute atomic E-state index is 2.25. The van der Waals surface area contributed by atoms with Crippen molar-refractivity contribution in [1.82, 2.24) is 0 Å². The predicted molar refractivity (Wildman–Crippen MR) is 421 cm³/mol. The summed E-state index contributed by atoms with van der Waals surface area (Å²) in [7, 11) is 0. The fourth-order valence-electron chi connectivity index (χ4n) is 4.06. The molecule has 0 nitrogen and oxygen atoms in total. The summed E-state index contributed by atoms with van der Waals surface area (Å²) in [4.78, 5) is 0. The van der Waals surface area contributed by atoms with Gasteiger partial charge in [0.25, 0.3) is 0 Å². The van der Waals surface area contributed by atoms with Crippen LogP contribution in [0.15, 0.2) is 0 Å². The second-order valence-corrected chi connectivity index (χ2v) is 24.9. The first kappa shape index (κ1) is 125. The normalized spacial score (nSPS) is 8.86. The molecule has 0 N–H and O–H groups in total. The minimum absolute atomic E-state index is 0.884. The van der Waals surface area contributed by atoms with Crippen LogP contribution in [0.1, 0.15) is 532 Å². The minimum Gasteiger partial charge on any atom is -0.0654 e. The van der Waals surface area contributed by atoms with Gasteiger partial charge in [-0.1, -0.05) is 532 Å². The number of unbranched alkanes of at least 4 members (excludes halogenated alkanes) is 28. The van der Waals surface area contributed by atoms with Crippen molar-refractivity contribution in [3.63, 3.8) is 0 Å². The summed E-state index contributed by atoms with van der Waals surface area (Å²) in [6.07, 6.45) is 60.1. The van der Waals surface area contributed by atoms with E-state index in [4.69, 9.17) is 0 Å². The molecule has 0 heterocycles. The lowest BCUT2D eigenvalue weighted by molar-refractivity contribution is 0.626. The molecule has 0 saturated carbocycles. The molecule has 0 aliphatic heterocycles. The molecule has 0 spiro atoms. The Bertz CT molecular complexity index is 510. The van der Waals surface area contributed by atoms with Crippen LogP contribution in [0.2, 0.25) is 0 Å². The number of hydrogen-bond donors (Lipinski definition) is 0. The van der Waals surface area contributed by atoms with Crippen LogP contribution in [-0.4, -0.2) is 0 Å². The molecule has 0 rings (SSSR count). The molecule has 84 heavy (non-hydrogen) atoms. The standard InChI is InChI=1S/2C7H16.4C6H14.6C5H12.4C4H10/c2*1-3-5-7-6-4-2;4*1-3-5-6-4-2;4*1-4-5(2)3;2*1-3-5-4-2;4*1-3-4-2/h2*3-7H2,1-2H3;4*3-6H2,1-2H3;4*5H,4H2,1-3H3;2*3-5H2,1-2H3;4*3-4H2,1-2H3. The highest BCUT2D eigenvalue weighted by molar-refractivity contribution is 4.39. The van der Waals surface area contributed by atoms with Crippen molar-refractivity contribution in [2.24, 2.45) is 23.7 Å². The summed E-state index contributed by atoms with van der Waals surface area (Å²) in [6, 6.07) is 0. The van der Waals surface area contributed by atoms with E-state index in [1.165, 1.54) is 283 Å². The van der Waals surface area contributed by atoms with Gasteiger partial charge in [-0.3, -0.25) is 0 Å². The average Bonchev–Trinajstić information content (AvgIpc) is 3.51. The molecular formula is C84H200. The Morgan fingerprint density at radius 1 is 0.107 bits per heavy atom. The molecule has 0 bridgehead atoms. The monoisotopic (exact) mass is 1210 g/mol. The molecule has 0 saturated heterocycles. The summed E-state index contributed by atoms with van der Waals surface area (Å²) >= 11 is 0. The van der Waals surface area contributed by atoms with E-state index in [-0.39, 0.29) is 0 Å². The van der Waals surface area contributed by atoms with Gasteiger partial charge in [0.05, 0.1) is 0 Å². The van der Waals surface area contributed by atoms with Gasteiger partial charge in [0.2, 0.25) is 0 Å². The predicted octanol–water partition coefficient (Wildman–Crippen LogP) is 36.1. The molecule has 0 aliphatic rings. The third kappa shape index (κ3) is 415. The lowest BCUT2D eigenvalue weighted by Crippen LogP contribution is -1.77. The van der Waals surface area contributed by atoms with Crippen LogP contribution in [0, 0.1) is 23.7 Å². The van der Waals surface area contributed by atoms with Crippen LogP contribution < -0.4 is 0 Å². The van der Waals surface area contributed by atoms with Crippen LogP contribution >= 0.6 is 0 Å². The number of hydrogen-bond acceptors (Lipinski definition) is 0. The third-order valence-electron chi connectivity index (χ3n) is 12.9. The van der Waals surface area contributed by atoms with Crippen LogP contribution in [-0.2, 0) is 0 Å². The summed E-state index contributed by atoms with van der Waals surface area (Å²) in [5, 5.41) is 0. The van der Waals surface area contributed by atoms with Gasteiger partial charge < -0.3 is 0 Å². The quantitative estimate of drug-likeness (QED) is 0.0589. The van der Waals surface area contributed by atoms with Crippen molar-refractivity contribution in [2.45, 2.75) is 532 Å². The van der Waals surface area contributed by atoms with E-state index >= 15 is 0 Å². The second-order valence-electron chi connectivity index (χ2n) is 24.9. The van der Waals surface area contributed by atoms with Crippen molar-refractivity contribution in [1.29, 1.82) is 0 Å². The van der Waals surface area contributed by atoms with E-state index in [1.54, 1.807) is 0 Å². The van der Waals surface area contributed by atoms with Crippen LogP contribution in [0.3, 0.4) is 0 Å². The largest absolute Gasteiger partial charge is 0.0654 e. The molecule has 0 aromatic carbocycles. The van der Waals surface area contributed by atoms with Gasteiger partial charge in [0, 0.05) is 0 Å². The molecule has 0 aliphatic carbocycles. The Hall–Kier alpha value is 0. The third-order valence-corrected chi connectivity index (χ3v) is 12.9. The van der Waals surface area contributed by atoms with Gasteiger partial charge in [0.15, 0.2) is 0 Å².